The molecule has 0 aliphatic carbocycles. The molecule has 0 rings (SSSR count). The molecule has 4 heteroatoms. The standard InChI is InChI=1S/C9H16N2O2/c1-7(5-6-10)11(8(12)13)9(2,3)4/h7H,5H2,1-4H3,(H,12,13)/t7-/m0/s1. The van der Waals surface area contributed by atoms with Crippen LogP contribution < -0.4 is 0 Å². The van der Waals surface area contributed by atoms with Gasteiger partial charge in [0.2, 0.25) is 0 Å². The SMILES string of the molecule is C[C@@H](CC#N)N(C(=O)O)C(C)(C)C. The molecule has 1 amide bonds. The van der Waals surface area contributed by atoms with Crippen LogP contribution in [-0.2, 0) is 0 Å². The van der Waals surface area contributed by atoms with Crippen LogP contribution in [0.15, 0.2) is 0 Å². The summed E-state index contributed by atoms with van der Waals surface area (Å²) in [5.74, 6) is 0. The molecule has 0 aromatic heterocycles. The van der Waals surface area contributed by atoms with Gasteiger partial charge in [0, 0.05) is 11.6 Å². The van der Waals surface area contributed by atoms with Gasteiger partial charge in [-0.25, -0.2) is 4.79 Å². The minimum Gasteiger partial charge on any atom is -0.465 e. The van der Waals surface area contributed by atoms with Gasteiger partial charge in [0.1, 0.15) is 0 Å². The van der Waals surface area contributed by atoms with Crippen molar-refractivity contribution in [1.82, 2.24) is 4.90 Å². The fourth-order valence-electron chi connectivity index (χ4n) is 1.36. The van der Waals surface area contributed by atoms with Gasteiger partial charge in [-0.05, 0) is 27.7 Å². The molecule has 13 heavy (non-hydrogen) atoms. The molecular weight excluding hydrogens is 168 g/mol. The Morgan fingerprint density at radius 3 is 2.31 bits per heavy atom. The van der Waals surface area contributed by atoms with Crippen LogP contribution >= 0.6 is 0 Å². The van der Waals surface area contributed by atoms with Gasteiger partial charge in [-0.15, -0.1) is 0 Å². The van der Waals surface area contributed by atoms with Crippen molar-refractivity contribution < 1.29 is 9.90 Å². The number of carboxylic acid groups (broad SMARTS) is 1. The van der Waals surface area contributed by atoms with Crippen LogP contribution in [0.5, 0.6) is 0 Å². The Morgan fingerprint density at radius 2 is 2.08 bits per heavy atom. The molecule has 0 radical (unpaired) electrons. The van der Waals surface area contributed by atoms with Gasteiger partial charge in [-0.3, -0.25) is 4.90 Å². The topological polar surface area (TPSA) is 64.3 Å². The third kappa shape index (κ3) is 3.32. The van der Waals surface area contributed by atoms with Gasteiger partial charge in [0.15, 0.2) is 0 Å². The number of carbonyl (C=O) groups is 1. The second-order valence-electron chi connectivity index (χ2n) is 4.03. The van der Waals surface area contributed by atoms with Crippen LogP contribution in [-0.4, -0.2) is 27.7 Å². The van der Waals surface area contributed by atoms with E-state index in [4.69, 9.17) is 10.4 Å². The van der Waals surface area contributed by atoms with E-state index in [9.17, 15) is 4.79 Å². The van der Waals surface area contributed by atoms with Gasteiger partial charge < -0.3 is 5.11 Å². The van der Waals surface area contributed by atoms with Gasteiger partial charge in [0.25, 0.3) is 0 Å². The van der Waals surface area contributed by atoms with Gasteiger partial charge >= 0.3 is 6.09 Å². The van der Waals surface area contributed by atoms with E-state index in [1.54, 1.807) is 6.92 Å². The number of hydrogen-bond acceptors (Lipinski definition) is 2. The normalized spacial score (nSPS) is 13.2. The fraction of sp³-hybridized carbons (Fsp3) is 0.778. The van der Waals surface area contributed by atoms with E-state index in [0.29, 0.717) is 0 Å². The van der Waals surface area contributed by atoms with Gasteiger partial charge in [-0.2, -0.15) is 5.26 Å². The predicted octanol–water partition coefficient (Wildman–Crippen LogP) is 2.07. The Balaban J connectivity index is 4.64. The average molecular weight is 184 g/mol. The van der Waals surface area contributed by atoms with Crippen LogP contribution in [0.2, 0.25) is 0 Å². The van der Waals surface area contributed by atoms with Crippen molar-refractivity contribution in [3.05, 3.63) is 0 Å². The van der Waals surface area contributed by atoms with E-state index in [1.165, 1.54) is 4.90 Å². The highest BCUT2D eigenvalue weighted by molar-refractivity contribution is 5.66. The second-order valence-corrected chi connectivity index (χ2v) is 4.03. The summed E-state index contributed by atoms with van der Waals surface area (Å²) >= 11 is 0. The molecule has 0 saturated carbocycles. The molecule has 0 aromatic rings. The van der Waals surface area contributed by atoms with E-state index < -0.39 is 11.6 Å². The first-order valence-corrected chi connectivity index (χ1v) is 4.20. The quantitative estimate of drug-likeness (QED) is 0.714. The molecule has 0 fully saturated rings. The molecule has 0 heterocycles. The Morgan fingerprint density at radius 1 is 1.62 bits per heavy atom. The van der Waals surface area contributed by atoms with E-state index >= 15 is 0 Å². The minimum absolute atomic E-state index is 0.226. The van der Waals surface area contributed by atoms with Gasteiger partial charge in [-0.1, -0.05) is 0 Å². The van der Waals surface area contributed by atoms with Gasteiger partial charge in [0.05, 0.1) is 12.5 Å². The molecule has 1 atom stereocenters. The summed E-state index contributed by atoms with van der Waals surface area (Å²) in [5.41, 5.74) is -0.456. The first kappa shape index (κ1) is 11.8. The second kappa shape index (κ2) is 4.13. The number of amides is 1. The highest BCUT2D eigenvalue weighted by Crippen LogP contribution is 2.18. The van der Waals surface area contributed by atoms with E-state index in [1.807, 2.05) is 26.8 Å². The summed E-state index contributed by atoms with van der Waals surface area (Å²) in [6, 6.07) is 1.71. The molecule has 0 spiro atoms. The zero-order valence-corrected chi connectivity index (χ0v) is 8.53. The van der Waals surface area contributed by atoms with Crippen LogP contribution in [0.3, 0.4) is 0 Å². The number of hydrogen-bond donors (Lipinski definition) is 1. The molecule has 0 aromatic carbocycles. The first-order chi connectivity index (χ1) is 5.80. The lowest BCUT2D eigenvalue weighted by Gasteiger charge is -2.37. The molecular formula is C9H16N2O2. The summed E-state index contributed by atoms with van der Waals surface area (Å²) in [4.78, 5) is 12.2. The van der Waals surface area contributed by atoms with E-state index in [2.05, 4.69) is 0 Å². The van der Waals surface area contributed by atoms with Crippen LogP contribution in [0.25, 0.3) is 0 Å². The number of nitrogens with zero attached hydrogens (tertiary/aromatic N) is 2. The molecule has 0 saturated heterocycles. The van der Waals surface area contributed by atoms with Crippen LogP contribution in [0, 0.1) is 11.3 Å². The summed E-state index contributed by atoms with van der Waals surface area (Å²) in [6.45, 7) is 7.18. The molecule has 0 unspecified atom stereocenters. The monoisotopic (exact) mass is 184 g/mol. The first-order valence-electron chi connectivity index (χ1n) is 4.20. The summed E-state index contributed by atoms with van der Waals surface area (Å²) in [6.07, 6.45) is -0.751. The molecule has 0 aliphatic heterocycles. The van der Waals surface area contributed by atoms with E-state index in [-0.39, 0.29) is 12.5 Å². The maximum atomic E-state index is 10.9. The van der Waals surface area contributed by atoms with Crippen LogP contribution in [0.1, 0.15) is 34.1 Å². The average Bonchev–Trinajstić information content (AvgIpc) is 1.82. The maximum absolute atomic E-state index is 10.9. The molecule has 0 aliphatic rings. The largest absolute Gasteiger partial charge is 0.465 e. The van der Waals surface area contributed by atoms with Crippen LogP contribution in [0.4, 0.5) is 4.79 Å². The fourth-order valence-corrected chi connectivity index (χ4v) is 1.36. The lowest BCUT2D eigenvalue weighted by atomic mass is 10.0. The summed E-state index contributed by atoms with van der Waals surface area (Å²) in [7, 11) is 0. The van der Waals surface area contributed by atoms with Crippen molar-refractivity contribution in [3.63, 3.8) is 0 Å². The van der Waals surface area contributed by atoms with Crippen molar-refractivity contribution in [2.24, 2.45) is 0 Å². The Hall–Kier alpha value is -1.24. The van der Waals surface area contributed by atoms with Crippen molar-refractivity contribution in [2.45, 2.75) is 45.7 Å². The third-order valence-corrected chi connectivity index (χ3v) is 1.76. The van der Waals surface area contributed by atoms with E-state index in [0.717, 1.165) is 0 Å². The molecule has 4 nitrogen and oxygen atoms in total. The summed E-state index contributed by atoms with van der Waals surface area (Å²) < 4.78 is 0. The predicted molar refractivity (Wildman–Crippen MR) is 49.3 cm³/mol. The third-order valence-electron chi connectivity index (χ3n) is 1.76. The number of nitriles is 1. The van der Waals surface area contributed by atoms with Crippen molar-refractivity contribution in [3.8, 4) is 6.07 Å². The lowest BCUT2D eigenvalue weighted by Crippen LogP contribution is -2.49. The number of rotatable bonds is 2. The zero-order chi connectivity index (χ0) is 10.6. The molecule has 1 N–H and O–H groups in total. The highest BCUT2D eigenvalue weighted by atomic mass is 16.4. The summed E-state index contributed by atoms with van der Waals surface area (Å²) in [5, 5.41) is 17.4. The highest BCUT2D eigenvalue weighted by Gasteiger charge is 2.30. The van der Waals surface area contributed by atoms with Crippen molar-refractivity contribution in [2.75, 3.05) is 0 Å². The smallest absolute Gasteiger partial charge is 0.408 e. The Kier molecular flexibility index (Phi) is 3.73. The van der Waals surface area contributed by atoms with Crippen molar-refractivity contribution >= 4 is 6.09 Å². The molecule has 74 valence electrons. The zero-order valence-electron chi connectivity index (χ0n) is 8.53. The lowest BCUT2D eigenvalue weighted by molar-refractivity contribution is 0.0768. The maximum Gasteiger partial charge on any atom is 0.408 e. The minimum atomic E-state index is -0.977. The Bertz CT molecular complexity index is 225. The van der Waals surface area contributed by atoms with Crippen molar-refractivity contribution in [1.29, 1.82) is 5.26 Å². The molecule has 0 bridgehead atoms. The Labute approximate surface area is 78.8 Å².